The van der Waals surface area contributed by atoms with Crippen LogP contribution in [0.15, 0.2) is 12.2 Å². The summed E-state index contributed by atoms with van der Waals surface area (Å²) in [5.41, 5.74) is 0.301. The third-order valence-electron chi connectivity index (χ3n) is 19.0. The Morgan fingerprint density at radius 2 is 0.899 bits per heavy atom. The van der Waals surface area contributed by atoms with Gasteiger partial charge in [0.2, 0.25) is 6.29 Å². The van der Waals surface area contributed by atoms with Gasteiger partial charge < -0.3 is 134 Å². The Kier molecular flexibility index (Phi) is 20.0. The zero-order valence-electron chi connectivity index (χ0n) is 44.4. The molecule has 4 saturated carbocycles. The predicted molar refractivity (Wildman–Crippen MR) is 258 cm³/mol. The molecule has 5 heterocycles. The van der Waals surface area contributed by atoms with Crippen LogP contribution >= 0.6 is 0 Å². The van der Waals surface area contributed by atoms with Gasteiger partial charge in [0.1, 0.15) is 116 Å². The maximum absolute atomic E-state index is 11.6. The van der Waals surface area contributed by atoms with Crippen molar-refractivity contribution in [2.45, 2.75) is 238 Å². The van der Waals surface area contributed by atoms with E-state index in [1.165, 1.54) is 19.3 Å². The minimum atomic E-state index is -1.87. The Bertz CT molecular complexity index is 2020. The lowest BCUT2D eigenvalue weighted by Gasteiger charge is -2.64. The van der Waals surface area contributed by atoms with Crippen LogP contribution in [0.4, 0.5) is 0 Å². The van der Waals surface area contributed by atoms with Gasteiger partial charge in [0.05, 0.1) is 38.6 Å². The second kappa shape index (κ2) is 25.0. The molecule has 28 heteroatoms. The average molecular weight is 1150 g/mol. The maximum Gasteiger partial charge on any atom is 0.295 e. The van der Waals surface area contributed by atoms with E-state index in [-0.39, 0.29) is 22.7 Å². The number of aliphatic hydroxyl groups is 17. The van der Waals surface area contributed by atoms with E-state index in [0.29, 0.717) is 24.7 Å². The molecule has 0 amide bonds. The van der Waals surface area contributed by atoms with Crippen molar-refractivity contribution in [3.63, 3.8) is 0 Å². The van der Waals surface area contributed by atoms with Crippen molar-refractivity contribution in [3.05, 3.63) is 12.2 Å². The van der Waals surface area contributed by atoms with Gasteiger partial charge in [0.25, 0.3) is 6.47 Å². The Hall–Kier alpha value is -1.83. The molecule has 79 heavy (non-hydrogen) atoms. The molecule has 5 saturated heterocycles. The molecule has 25 unspecified atom stereocenters. The first-order valence-electron chi connectivity index (χ1n) is 27.2. The molecule has 9 rings (SSSR count). The third kappa shape index (κ3) is 11.7. The van der Waals surface area contributed by atoms with Crippen LogP contribution in [0.1, 0.15) is 78.6 Å². The number of rotatable bonds is 15. The number of ether oxygens (including phenoxy) is 10. The lowest BCUT2D eigenvalue weighted by Crippen LogP contribution is -2.68. The number of fused-ring (bicyclic) bond motifs is 3. The molecule has 456 valence electrons. The topological polar surface area (TPSA) is 453 Å². The number of hydrogen-bond donors (Lipinski definition) is 17. The minimum absolute atomic E-state index is 0.00678. The Morgan fingerprint density at radius 1 is 0.481 bits per heavy atom. The van der Waals surface area contributed by atoms with Gasteiger partial charge in [-0.25, -0.2) is 0 Å². The van der Waals surface area contributed by atoms with Crippen molar-refractivity contribution in [2.24, 2.45) is 28.1 Å². The van der Waals surface area contributed by atoms with Crippen LogP contribution in [-0.2, 0) is 52.2 Å². The number of aliphatic hydroxyl groups excluding tert-OH is 17. The quantitative estimate of drug-likeness (QED) is 0.0412. The summed E-state index contributed by atoms with van der Waals surface area (Å²) in [7, 11) is 0. The van der Waals surface area contributed by atoms with Crippen molar-refractivity contribution >= 4 is 6.47 Å². The normalized spacial score (nSPS) is 52.5. The van der Waals surface area contributed by atoms with Crippen LogP contribution in [0.2, 0.25) is 0 Å². The molecule has 1 spiro atoms. The van der Waals surface area contributed by atoms with E-state index in [2.05, 4.69) is 32.1 Å². The van der Waals surface area contributed by atoms with Crippen molar-refractivity contribution < 1.29 is 139 Å². The van der Waals surface area contributed by atoms with Gasteiger partial charge in [-0.1, -0.05) is 33.8 Å². The second-order valence-electron chi connectivity index (χ2n) is 24.0. The molecule has 9 fully saturated rings. The first-order valence-corrected chi connectivity index (χ1v) is 27.2. The monoisotopic (exact) mass is 1140 g/mol. The fourth-order valence-electron chi connectivity index (χ4n) is 14.9. The molecule has 0 aromatic heterocycles. The Morgan fingerprint density at radius 3 is 1.38 bits per heavy atom. The molecule has 17 N–H and O–H groups in total. The van der Waals surface area contributed by atoms with Crippen molar-refractivity contribution in [1.82, 2.24) is 0 Å². The second-order valence-corrected chi connectivity index (χ2v) is 24.0. The van der Waals surface area contributed by atoms with Gasteiger partial charge in [0, 0.05) is 0 Å². The number of carbonyl (C=O) groups is 1. The summed E-state index contributed by atoms with van der Waals surface area (Å²) in [6.45, 7) is 8.25. The largest absolute Gasteiger partial charge is 0.435 e. The van der Waals surface area contributed by atoms with E-state index < -0.39 is 192 Å². The summed E-state index contributed by atoms with van der Waals surface area (Å²) in [5.74, 6) is 1.05. The molecule has 0 aromatic rings. The smallest absolute Gasteiger partial charge is 0.295 e. The highest BCUT2D eigenvalue weighted by molar-refractivity contribution is 5.37. The molecular formula is C51H84O28. The third-order valence-corrected chi connectivity index (χ3v) is 19.0. The van der Waals surface area contributed by atoms with Crippen LogP contribution in [0.25, 0.3) is 0 Å². The molecule has 0 aromatic carbocycles. The zero-order valence-corrected chi connectivity index (χ0v) is 44.4. The molecule has 28 nitrogen and oxygen atoms in total. The van der Waals surface area contributed by atoms with Gasteiger partial charge in [0.15, 0.2) is 31.3 Å². The van der Waals surface area contributed by atoms with E-state index in [9.17, 15) is 81.4 Å². The highest BCUT2D eigenvalue weighted by Gasteiger charge is 2.68. The first-order chi connectivity index (χ1) is 37.3. The summed E-state index contributed by atoms with van der Waals surface area (Å²) < 4.78 is 57.0. The van der Waals surface area contributed by atoms with E-state index in [1.807, 2.05) is 0 Å². The lowest BCUT2D eigenvalue weighted by atomic mass is 9.41. The van der Waals surface area contributed by atoms with Crippen molar-refractivity contribution in [1.29, 1.82) is 0 Å². The predicted octanol–water partition coefficient (Wildman–Crippen LogP) is -6.65. The molecule has 9 aliphatic rings. The Balaban J connectivity index is 0.000000275. The van der Waals surface area contributed by atoms with Gasteiger partial charge in [-0.05, 0) is 85.0 Å². The summed E-state index contributed by atoms with van der Waals surface area (Å²) in [6, 6.07) is 0. The summed E-state index contributed by atoms with van der Waals surface area (Å²) >= 11 is 0. The first kappa shape index (κ1) is 63.2. The highest BCUT2D eigenvalue weighted by atomic mass is 16.8. The van der Waals surface area contributed by atoms with E-state index in [0.717, 1.165) is 31.3 Å². The summed E-state index contributed by atoms with van der Waals surface area (Å²) in [4.78, 5) is 10.6. The van der Waals surface area contributed by atoms with E-state index in [1.54, 1.807) is 0 Å². The highest BCUT2D eigenvalue weighted by Crippen LogP contribution is 2.73. The molecule has 2 bridgehead atoms. The fourth-order valence-corrected chi connectivity index (χ4v) is 14.9. The van der Waals surface area contributed by atoms with Crippen LogP contribution in [-0.4, -0.2) is 285 Å². The van der Waals surface area contributed by atoms with Gasteiger partial charge in [-0.3, -0.25) is 4.79 Å². The molecular weight excluding hydrogens is 1060 g/mol. The minimum Gasteiger partial charge on any atom is -0.435 e. The standard InChI is InChI=1S/C38H62O16.C13H22O12/c1-17-12-37-10-6-21-35(2,3)8-5-9-36(21,4)22(37)7-11-38(17,16-37)54-34-31(53-33-29(48)27(46)24(43)19(14-40)50-33)30(25(44)20(15-41)51-34)52-32-28(47)26(45)23(42)18(13-39)49-32;14-1-4-6(17)8(19)10(21)12(23-4)25-11-9(20)7(18)5(2-15)24-13(11)22-3-16/h18-34,39-48H,1,5-16H2,2-4H3;3-15,17-21H,1-2H2/t18?,19?,20?,21-,22+,23?,24?,25?,26?,27?,28?,29?,30?,31?,32?,33?,34?,36-,37-,38+;/m1./s1. The maximum atomic E-state index is 11.6. The van der Waals surface area contributed by atoms with E-state index >= 15 is 0 Å². The summed E-state index contributed by atoms with van der Waals surface area (Å²) in [5, 5.41) is 173. The fraction of sp³-hybridized carbons (Fsp3) is 0.941. The van der Waals surface area contributed by atoms with Crippen LogP contribution in [0, 0.1) is 28.1 Å². The van der Waals surface area contributed by atoms with Gasteiger partial charge in [-0.15, -0.1) is 0 Å². The molecule has 4 aliphatic carbocycles. The molecule has 30 atom stereocenters. The van der Waals surface area contributed by atoms with Crippen LogP contribution in [0.5, 0.6) is 0 Å². The van der Waals surface area contributed by atoms with Gasteiger partial charge >= 0.3 is 0 Å². The molecule has 0 radical (unpaired) electrons. The number of hydrogen-bond acceptors (Lipinski definition) is 28. The van der Waals surface area contributed by atoms with Gasteiger partial charge in [-0.2, -0.15) is 0 Å². The SMILES string of the molecule is C=C1C[C@@]23CC[C@@H]4C(C)(C)CCC[C@@]4(C)[C@@H]2CC[C@]1(OC1OC(CO)C(O)C(OC2OC(CO)C(O)C(O)C2O)C1OC1OC(CO)C(O)C(O)C1O)C3.O=COC1OC(CO)C(O)C(O)C1OC1OC(CO)C(O)C(O)C1O. The Labute approximate surface area is 455 Å². The summed E-state index contributed by atoms with van der Waals surface area (Å²) in [6.07, 6.45) is -31.8. The molecule has 5 aliphatic heterocycles. The van der Waals surface area contributed by atoms with Crippen molar-refractivity contribution in [3.8, 4) is 0 Å². The van der Waals surface area contributed by atoms with Crippen molar-refractivity contribution in [2.75, 3.05) is 33.0 Å². The van der Waals surface area contributed by atoms with Crippen LogP contribution in [0.3, 0.4) is 0 Å². The number of carbonyl (C=O) groups excluding carboxylic acids is 1. The average Bonchev–Trinajstić information content (AvgIpc) is 3.17. The zero-order chi connectivity index (χ0) is 57.8. The van der Waals surface area contributed by atoms with Crippen LogP contribution < -0.4 is 0 Å². The van der Waals surface area contributed by atoms with E-state index in [4.69, 9.17) is 52.8 Å². The lowest BCUT2D eigenvalue weighted by molar-refractivity contribution is -0.400.